The van der Waals surface area contributed by atoms with Crippen molar-refractivity contribution in [3.05, 3.63) is 35.9 Å². The Kier molecular flexibility index (Phi) is 5.16. The minimum absolute atomic E-state index is 0.0218. The number of benzene rings is 1. The van der Waals surface area contributed by atoms with E-state index < -0.39 is 0 Å². The summed E-state index contributed by atoms with van der Waals surface area (Å²) in [6.45, 7) is 2.34. The first-order chi connectivity index (χ1) is 10.5. The Morgan fingerprint density at radius 2 is 1.77 bits per heavy atom. The summed E-state index contributed by atoms with van der Waals surface area (Å²) in [6.07, 6.45) is 0. The van der Waals surface area contributed by atoms with Gasteiger partial charge in [0, 0.05) is 13.6 Å². The summed E-state index contributed by atoms with van der Waals surface area (Å²) < 4.78 is 0. The summed E-state index contributed by atoms with van der Waals surface area (Å²) in [7, 11) is 1.77. The Hall–Kier alpha value is -2.35. The van der Waals surface area contributed by atoms with E-state index in [1.165, 1.54) is 11.8 Å². The van der Waals surface area contributed by atoms with Crippen LogP contribution in [0.5, 0.6) is 0 Å². The molecule has 0 bridgehead atoms. The normalized spacial score (nSPS) is 11.9. The van der Waals surface area contributed by atoms with Crippen molar-refractivity contribution in [2.24, 2.45) is 0 Å². The molecule has 0 radical (unpaired) electrons. The molecule has 4 N–H and O–H groups in total. The zero-order valence-corrected chi connectivity index (χ0v) is 13.2. The van der Waals surface area contributed by atoms with Crippen molar-refractivity contribution in [1.29, 1.82) is 0 Å². The summed E-state index contributed by atoms with van der Waals surface area (Å²) >= 11 is 1.21. The molecule has 0 aliphatic rings. The van der Waals surface area contributed by atoms with E-state index >= 15 is 0 Å². The molecule has 116 valence electrons. The lowest BCUT2D eigenvalue weighted by atomic mass is 10.2. The van der Waals surface area contributed by atoms with Gasteiger partial charge in [0.15, 0.2) is 5.16 Å². The third-order valence-corrected chi connectivity index (χ3v) is 3.87. The number of hydrogen-bond acceptors (Lipinski definition) is 7. The number of rotatable bonds is 5. The van der Waals surface area contributed by atoms with Gasteiger partial charge in [-0.3, -0.25) is 4.79 Å². The van der Waals surface area contributed by atoms with E-state index in [9.17, 15) is 4.79 Å². The third kappa shape index (κ3) is 4.32. The van der Waals surface area contributed by atoms with Crippen LogP contribution in [-0.2, 0) is 11.3 Å². The highest BCUT2D eigenvalue weighted by molar-refractivity contribution is 8.00. The third-order valence-electron chi connectivity index (χ3n) is 2.92. The Bertz CT molecular complexity index is 631. The Morgan fingerprint density at radius 3 is 2.36 bits per heavy atom. The molecule has 1 heterocycles. The molecular formula is C14H18N6OS. The van der Waals surface area contributed by atoms with Crippen LogP contribution < -0.4 is 11.5 Å². The lowest BCUT2D eigenvalue weighted by Gasteiger charge is -2.20. The van der Waals surface area contributed by atoms with Crippen LogP contribution in [0.2, 0.25) is 0 Å². The molecule has 0 spiro atoms. The van der Waals surface area contributed by atoms with Gasteiger partial charge >= 0.3 is 0 Å². The maximum atomic E-state index is 12.4. The van der Waals surface area contributed by atoms with E-state index in [1.54, 1.807) is 18.9 Å². The summed E-state index contributed by atoms with van der Waals surface area (Å²) in [4.78, 5) is 25.7. The van der Waals surface area contributed by atoms with Gasteiger partial charge in [0.1, 0.15) is 0 Å². The van der Waals surface area contributed by atoms with E-state index in [0.717, 1.165) is 5.56 Å². The minimum Gasteiger partial charge on any atom is -0.368 e. The van der Waals surface area contributed by atoms with Gasteiger partial charge in [-0.05, 0) is 12.5 Å². The number of aromatic nitrogens is 3. The maximum Gasteiger partial charge on any atom is 0.235 e. The fourth-order valence-electron chi connectivity index (χ4n) is 1.90. The monoisotopic (exact) mass is 318 g/mol. The van der Waals surface area contributed by atoms with Gasteiger partial charge in [0.25, 0.3) is 0 Å². The highest BCUT2D eigenvalue weighted by atomic mass is 32.2. The van der Waals surface area contributed by atoms with Crippen LogP contribution in [0, 0.1) is 0 Å². The van der Waals surface area contributed by atoms with Crippen molar-refractivity contribution in [1.82, 2.24) is 19.9 Å². The summed E-state index contributed by atoms with van der Waals surface area (Å²) in [6, 6.07) is 9.80. The van der Waals surface area contributed by atoms with Gasteiger partial charge in [-0.1, -0.05) is 42.1 Å². The smallest absolute Gasteiger partial charge is 0.235 e. The molecule has 1 aromatic carbocycles. The van der Waals surface area contributed by atoms with Gasteiger partial charge in [0.2, 0.25) is 17.8 Å². The summed E-state index contributed by atoms with van der Waals surface area (Å²) in [5.41, 5.74) is 12.1. The van der Waals surface area contributed by atoms with Gasteiger partial charge in [0.05, 0.1) is 5.25 Å². The molecule has 0 aliphatic carbocycles. The van der Waals surface area contributed by atoms with Crippen LogP contribution in [0.25, 0.3) is 0 Å². The summed E-state index contributed by atoms with van der Waals surface area (Å²) in [5.74, 6) is 0.0750. The molecule has 0 aliphatic heterocycles. The second-order valence-electron chi connectivity index (χ2n) is 4.77. The SMILES string of the molecule is C[C@H](Sc1nc(N)nc(N)n1)C(=O)N(C)Cc1ccccc1. The highest BCUT2D eigenvalue weighted by Crippen LogP contribution is 2.22. The molecule has 1 aromatic heterocycles. The van der Waals surface area contributed by atoms with Crippen LogP contribution in [-0.4, -0.2) is 38.1 Å². The number of hydrogen-bond donors (Lipinski definition) is 2. The predicted octanol–water partition coefficient (Wildman–Crippen LogP) is 1.18. The van der Waals surface area contributed by atoms with Crippen molar-refractivity contribution in [3.8, 4) is 0 Å². The molecular weight excluding hydrogens is 300 g/mol. The number of thioether (sulfide) groups is 1. The van der Waals surface area contributed by atoms with Gasteiger partial charge < -0.3 is 16.4 Å². The lowest BCUT2D eigenvalue weighted by Crippen LogP contribution is -2.32. The quantitative estimate of drug-likeness (QED) is 0.796. The van der Waals surface area contributed by atoms with Crippen LogP contribution in [0.1, 0.15) is 12.5 Å². The minimum atomic E-state index is -0.352. The van der Waals surface area contributed by atoms with Gasteiger partial charge in [-0.2, -0.15) is 15.0 Å². The molecule has 22 heavy (non-hydrogen) atoms. The number of nitrogen functional groups attached to an aromatic ring is 2. The van der Waals surface area contributed by atoms with Crippen molar-refractivity contribution < 1.29 is 4.79 Å². The van der Waals surface area contributed by atoms with Gasteiger partial charge in [-0.25, -0.2) is 0 Å². The number of nitrogens with two attached hydrogens (primary N) is 2. The van der Waals surface area contributed by atoms with E-state index in [-0.39, 0.29) is 23.1 Å². The average Bonchev–Trinajstić information content (AvgIpc) is 2.46. The largest absolute Gasteiger partial charge is 0.368 e. The Morgan fingerprint density at radius 1 is 1.18 bits per heavy atom. The zero-order chi connectivity index (χ0) is 16.1. The van der Waals surface area contributed by atoms with E-state index in [2.05, 4.69) is 15.0 Å². The summed E-state index contributed by atoms with van der Waals surface area (Å²) in [5, 5.41) is -0.00567. The number of nitrogens with zero attached hydrogens (tertiary/aromatic N) is 4. The predicted molar refractivity (Wildman–Crippen MR) is 86.9 cm³/mol. The maximum absolute atomic E-state index is 12.4. The number of amides is 1. The fraction of sp³-hybridized carbons (Fsp3) is 0.286. The van der Waals surface area contributed by atoms with Crippen molar-refractivity contribution in [2.45, 2.75) is 23.9 Å². The molecule has 1 atom stereocenters. The molecule has 0 saturated heterocycles. The van der Waals surface area contributed by atoms with Crippen LogP contribution in [0.15, 0.2) is 35.5 Å². The number of carbonyl (C=O) groups is 1. The molecule has 0 unspecified atom stereocenters. The zero-order valence-electron chi connectivity index (χ0n) is 12.4. The fourth-order valence-corrected chi connectivity index (χ4v) is 2.78. The number of carbonyl (C=O) groups excluding carboxylic acids is 1. The second kappa shape index (κ2) is 7.08. The van der Waals surface area contributed by atoms with E-state index in [4.69, 9.17) is 11.5 Å². The first-order valence-electron chi connectivity index (χ1n) is 6.68. The van der Waals surface area contributed by atoms with Crippen molar-refractivity contribution in [3.63, 3.8) is 0 Å². The molecule has 1 amide bonds. The van der Waals surface area contributed by atoms with Crippen LogP contribution in [0.3, 0.4) is 0 Å². The first kappa shape index (κ1) is 16.0. The molecule has 2 rings (SSSR count). The molecule has 0 saturated carbocycles. The van der Waals surface area contributed by atoms with Crippen LogP contribution in [0.4, 0.5) is 11.9 Å². The average molecular weight is 318 g/mol. The molecule has 2 aromatic rings. The first-order valence-corrected chi connectivity index (χ1v) is 7.56. The molecule has 8 heteroatoms. The second-order valence-corrected chi connectivity index (χ2v) is 6.08. The highest BCUT2D eigenvalue weighted by Gasteiger charge is 2.20. The topological polar surface area (TPSA) is 111 Å². The standard InChI is InChI=1S/C14H18N6OS/c1-9(22-14-18-12(15)17-13(16)19-14)11(21)20(2)8-10-6-4-3-5-7-10/h3-7,9H,8H2,1-2H3,(H4,15,16,17,18,19)/t9-/m0/s1. The lowest BCUT2D eigenvalue weighted by molar-refractivity contribution is -0.129. The Balaban J connectivity index is 1.99. The molecule has 7 nitrogen and oxygen atoms in total. The van der Waals surface area contributed by atoms with Crippen molar-refractivity contribution in [2.75, 3.05) is 18.5 Å². The van der Waals surface area contributed by atoms with Crippen LogP contribution >= 0.6 is 11.8 Å². The van der Waals surface area contributed by atoms with Crippen molar-refractivity contribution >= 4 is 29.6 Å². The Labute approximate surface area is 133 Å². The van der Waals surface area contributed by atoms with Gasteiger partial charge in [-0.15, -0.1) is 0 Å². The molecule has 0 fully saturated rings. The number of anilines is 2. The van der Waals surface area contributed by atoms with E-state index in [1.807, 2.05) is 30.3 Å². The van der Waals surface area contributed by atoms with E-state index in [0.29, 0.717) is 11.7 Å².